The van der Waals surface area contributed by atoms with E-state index in [-0.39, 0.29) is 6.61 Å². The van der Waals surface area contributed by atoms with Gasteiger partial charge in [-0.3, -0.25) is 9.63 Å². The summed E-state index contributed by atoms with van der Waals surface area (Å²) in [6.07, 6.45) is -2.53. The smallest absolute Gasteiger partial charge is 0.407 e. The predicted molar refractivity (Wildman–Crippen MR) is 107 cm³/mol. The molecule has 6 nitrogen and oxygen atoms in total. The zero-order chi connectivity index (χ0) is 24.8. The van der Waals surface area contributed by atoms with Gasteiger partial charge in [0.05, 0.1) is 6.61 Å². The lowest BCUT2D eigenvalue weighted by Crippen LogP contribution is -2.43. The third kappa shape index (κ3) is 7.70. The molecule has 2 amide bonds. The minimum atomic E-state index is -2.31. The van der Waals surface area contributed by atoms with Crippen LogP contribution in [0.4, 0.5) is 26.7 Å². The van der Waals surface area contributed by atoms with Crippen LogP contribution < -0.4 is 10.8 Å². The first-order chi connectivity index (χ1) is 15.4. The first kappa shape index (κ1) is 26.0. The summed E-state index contributed by atoms with van der Waals surface area (Å²) in [4.78, 5) is 29.4. The van der Waals surface area contributed by atoms with Gasteiger partial charge < -0.3 is 10.1 Å². The van der Waals surface area contributed by atoms with Crippen LogP contribution >= 0.6 is 0 Å². The molecular weight excluding hydrogens is 451 g/mol. The van der Waals surface area contributed by atoms with Crippen molar-refractivity contribution in [1.29, 1.82) is 0 Å². The monoisotopic (exact) mass is 474 g/mol. The largest absolute Gasteiger partial charge is 0.444 e. The normalized spacial score (nSPS) is 12.2. The summed E-state index contributed by atoms with van der Waals surface area (Å²) >= 11 is 0. The lowest BCUT2D eigenvalue weighted by molar-refractivity contribution is -0.135. The third-order valence-electron chi connectivity index (χ3n) is 4.17. The van der Waals surface area contributed by atoms with Crippen molar-refractivity contribution >= 4 is 12.0 Å². The molecular formula is C22H23F5N2O4. The van der Waals surface area contributed by atoms with Gasteiger partial charge in [-0.05, 0) is 32.8 Å². The predicted octanol–water partition coefficient (Wildman–Crippen LogP) is 4.46. The number of rotatable bonds is 8. The van der Waals surface area contributed by atoms with E-state index in [1.54, 1.807) is 51.1 Å². The van der Waals surface area contributed by atoms with Crippen molar-refractivity contribution in [3.05, 3.63) is 70.5 Å². The third-order valence-corrected chi connectivity index (χ3v) is 4.17. The van der Waals surface area contributed by atoms with Gasteiger partial charge in [0.2, 0.25) is 11.7 Å². The number of hydrogen-bond donors (Lipinski definition) is 2. The maximum atomic E-state index is 14.1. The molecule has 0 spiro atoms. The van der Waals surface area contributed by atoms with Crippen LogP contribution in [0.5, 0.6) is 0 Å². The molecule has 0 aliphatic rings. The van der Waals surface area contributed by atoms with Crippen molar-refractivity contribution in [2.75, 3.05) is 0 Å². The lowest BCUT2D eigenvalue weighted by atomic mass is 10.0. The van der Waals surface area contributed by atoms with E-state index in [0.717, 1.165) is 5.56 Å². The molecule has 0 saturated carbocycles. The minimum Gasteiger partial charge on any atom is -0.444 e. The maximum absolute atomic E-state index is 14.1. The number of ether oxygens (including phenoxy) is 1. The van der Waals surface area contributed by atoms with Crippen molar-refractivity contribution in [3.63, 3.8) is 0 Å². The average molecular weight is 474 g/mol. The summed E-state index contributed by atoms with van der Waals surface area (Å²) in [5.74, 6) is -11.5. The fraction of sp³-hybridized carbons (Fsp3) is 0.364. The van der Waals surface area contributed by atoms with Gasteiger partial charge in [-0.1, -0.05) is 30.3 Å². The Morgan fingerprint density at radius 3 is 2.00 bits per heavy atom. The Morgan fingerprint density at radius 1 is 0.909 bits per heavy atom. The van der Waals surface area contributed by atoms with E-state index >= 15 is 0 Å². The minimum absolute atomic E-state index is 0.00832. The van der Waals surface area contributed by atoms with E-state index in [0.29, 0.717) is 0 Å². The van der Waals surface area contributed by atoms with Gasteiger partial charge in [0.25, 0.3) is 0 Å². The number of halogens is 5. The van der Waals surface area contributed by atoms with Gasteiger partial charge in [-0.15, -0.1) is 0 Å². The molecule has 0 aliphatic carbocycles. The van der Waals surface area contributed by atoms with Crippen LogP contribution in [0.25, 0.3) is 0 Å². The fourth-order valence-corrected chi connectivity index (χ4v) is 2.76. The quantitative estimate of drug-likeness (QED) is 0.257. The Balaban J connectivity index is 2.15. The molecule has 1 atom stereocenters. The Kier molecular flexibility index (Phi) is 8.75. The molecule has 0 aromatic heterocycles. The van der Waals surface area contributed by atoms with Crippen molar-refractivity contribution < 1.29 is 41.1 Å². The van der Waals surface area contributed by atoms with E-state index in [9.17, 15) is 31.5 Å². The number of benzene rings is 2. The summed E-state index contributed by atoms with van der Waals surface area (Å²) < 4.78 is 73.7. The Hall–Kier alpha value is -3.21. The van der Waals surface area contributed by atoms with Gasteiger partial charge in [-0.25, -0.2) is 32.2 Å². The number of alkyl carbamates (subject to hydrolysis) is 1. The van der Waals surface area contributed by atoms with Crippen LogP contribution in [0.2, 0.25) is 0 Å². The molecule has 0 saturated heterocycles. The average Bonchev–Trinajstić information content (AvgIpc) is 2.73. The van der Waals surface area contributed by atoms with Crippen molar-refractivity contribution in [2.24, 2.45) is 0 Å². The fourth-order valence-electron chi connectivity index (χ4n) is 2.76. The first-order valence-electron chi connectivity index (χ1n) is 9.83. The van der Waals surface area contributed by atoms with Gasteiger partial charge in [0.15, 0.2) is 23.3 Å². The first-order valence-corrected chi connectivity index (χ1v) is 9.83. The summed E-state index contributed by atoms with van der Waals surface area (Å²) in [5, 5.41) is 2.22. The van der Waals surface area contributed by atoms with Crippen LogP contribution in [0.3, 0.4) is 0 Å². The molecule has 0 aliphatic heterocycles. The zero-order valence-corrected chi connectivity index (χ0v) is 18.1. The van der Waals surface area contributed by atoms with E-state index in [1.165, 1.54) is 0 Å². The molecule has 11 heteroatoms. The molecule has 0 heterocycles. The summed E-state index contributed by atoms with van der Waals surface area (Å²) in [7, 11) is 0. The second-order valence-electron chi connectivity index (χ2n) is 8.10. The van der Waals surface area contributed by atoms with Crippen LogP contribution in [0.1, 0.15) is 38.3 Å². The highest BCUT2D eigenvalue weighted by atomic mass is 19.2. The second kappa shape index (κ2) is 11.1. The summed E-state index contributed by atoms with van der Waals surface area (Å²) in [6, 6.07) is 7.39. The molecule has 0 radical (unpaired) electrons. The number of carbonyl (C=O) groups is 2. The highest BCUT2D eigenvalue weighted by molar-refractivity contribution is 5.77. The molecule has 2 N–H and O–H groups in total. The topological polar surface area (TPSA) is 76.7 Å². The van der Waals surface area contributed by atoms with E-state index in [2.05, 4.69) is 10.8 Å². The molecule has 180 valence electrons. The zero-order valence-electron chi connectivity index (χ0n) is 18.1. The van der Waals surface area contributed by atoms with Gasteiger partial charge in [0, 0.05) is 18.0 Å². The van der Waals surface area contributed by atoms with Crippen LogP contribution in [0, 0.1) is 29.1 Å². The van der Waals surface area contributed by atoms with Crippen molar-refractivity contribution in [1.82, 2.24) is 10.8 Å². The molecule has 33 heavy (non-hydrogen) atoms. The molecule has 2 aromatic carbocycles. The van der Waals surface area contributed by atoms with E-state index < -0.39 is 71.1 Å². The molecule has 2 aromatic rings. The number of nitrogens with one attached hydrogen (secondary N) is 2. The molecule has 2 rings (SSSR count). The summed E-state index contributed by atoms with van der Waals surface area (Å²) in [6.45, 7) is 4.66. The molecule has 0 fully saturated rings. The van der Waals surface area contributed by atoms with Gasteiger partial charge in [0.1, 0.15) is 5.60 Å². The van der Waals surface area contributed by atoms with Crippen LogP contribution in [0.15, 0.2) is 30.3 Å². The lowest BCUT2D eigenvalue weighted by Gasteiger charge is -2.24. The van der Waals surface area contributed by atoms with Crippen LogP contribution in [-0.2, 0) is 27.4 Å². The standard InChI is InChI=1S/C22H23F5N2O4/c1-22(2,3)33-21(31)28-13(9-14-16(23)18(25)20(27)19(26)17(14)24)10-15(30)29-32-11-12-7-5-4-6-8-12/h4-8,13H,9-11H2,1-3H3,(H,28,31)(H,29,30)/t13-/m1/s1. The highest BCUT2D eigenvalue weighted by Crippen LogP contribution is 2.24. The highest BCUT2D eigenvalue weighted by Gasteiger charge is 2.29. The summed E-state index contributed by atoms with van der Waals surface area (Å²) in [5.41, 5.74) is 0.722. The number of carbonyl (C=O) groups excluding carboxylic acids is 2. The van der Waals surface area contributed by atoms with Gasteiger partial charge >= 0.3 is 6.09 Å². The second-order valence-corrected chi connectivity index (χ2v) is 8.10. The molecule has 0 unspecified atom stereocenters. The number of hydrogen-bond acceptors (Lipinski definition) is 4. The SMILES string of the molecule is CC(C)(C)OC(=O)N[C@@H](CC(=O)NOCc1ccccc1)Cc1c(F)c(F)c(F)c(F)c1F. The van der Waals surface area contributed by atoms with Crippen molar-refractivity contribution in [3.8, 4) is 0 Å². The Morgan fingerprint density at radius 2 is 1.45 bits per heavy atom. The Bertz CT molecular complexity index is 968. The van der Waals surface area contributed by atoms with E-state index in [4.69, 9.17) is 9.57 Å². The maximum Gasteiger partial charge on any atom is 0.407 e. The van der Waals surface area contributed by atoms with Crippen LogP contribution in [-0.4, -0.2) is 23.6 Å². The van der Waals surface area contributed by atoms with Gasteiger partial charge in [-0.2, -0.15) is 0 Å². The number of amides is 2. The number of hydroxylamine groups is 1. The van der Waals surface area contributed by atoms with Crippen molar-refractivity contribution in [2.45, 2.75) is 51.9 Å². The Labute approximate surface area is 187 Å². The van der Waals surface area contributed by atoms with E-state index in [1.807, 2.05) is 0 Å². The molecule has 0 bridgehead atoms.